The highest BCUT2D eigenvalue weighted by atomic mass is 32.2. The molecule has 1 N–H and O–H groups in total. The molecule has 0 bridgehead atoms. The van der Waals surface area contributed by atoms with E-state index in [9.17, 15) is 13.2 Å². The number of carbonyl (C=O) groups excluding carboxylic acids is 1. The van der Waals surface area contributed by atoms with Crippen LogP contribution in [0, 0.1) is 19.8 Å². The summed E-state index contributed by atoms with van der Waals surface area (Å²) in [4.78, 5) is 12.1. The molecule has 0 saturated carbocycles. The number of hydrogen-bond donors (Lipinski definition) is 1. The first-order valence-corrected chi connectivity index (χ1v) is 8.76. The Labute approximate surface area is 127 Å². The van der Waals surface area contributed by atoms with Crippen LogP contribution in [0.3, 0.4) is 0 Å². The largest absolute Gasteiger partial charge is 0.274 e. The monoisotopic (exact) mass is 315 g/mol. The van der Waals surface area contributed by atoms with Gasteiger partial charge >= 0.3 is 0 Å². The highest BCUT2D eigenvalue weighted by molar-refractivity contribution is 7.90. The Morgan fingerprint density at radius 1 is 1.24 bits per heavy atom. The highest BCUT2D eigenvalue weighted by Crippen LogP contribution is 2.22. The van der Waals surface area contributed by atoms with Gasteiger partial charge in [0.1, 0.15) is 4.90 Å². The number of nitrogens with zero attached hydrogens (tertiary/aromatic N) is 2. The topological polar surface area (TPSA) is 81.1 Å². The molecule has 0 aliphatic carbocycles. The summed E-state index contributed by atoms with van der Waals surface area (Å²) in [5.74, 6) is -0.739. The molecule has 0 spiro atoms. The molecular formula is C14H25N3O3S. The molecule has 0 saturated heterocycles. The van der Waals surface area contributed by atoms with Gasteiger partial charge in [0.25, 0.3) is 10.0 Å². The minimum atomic E-state index is -3.88. The first kappa shape index (κ1) is 17.7. The van der Waals surface area contributed by atoms with Crippen LogP contribution in [0.1, 0.15) is 58.0 Å². The van der Waals surface area contributed by atoms with E-state index in [0.717, 1.165) is 0 Å². The number of hydrogen-bond acceptors (Lipinski definition) is 4. The van der Waals surface area contributed by atoms with Gasteiger partial charge in [0.15, 0.2) is 0 Å². The summed E-state index contributed by atoms with van der Waals surface area (Å²) in [6.07, 6.45) is 1.22. The van der Waals surface area contributed by atoms with E-state index in [1.807, 2.05) is 27.7 Å². The summed E-state index contributed by atoms with van der Waals surface area (Å²) in [5, 5.41) is 4.25. The molecule has 120 valence electrons. The van der Waals surface area contributed by atoms with Gasteiger partial charge in [-0.2, -0.15) is 5.10 Å². The minimum absolute atomic E-state index is 0.0578. The number of rotatable bonds is 6. The summed E-state index contributed by atoms with van der Waals surface area (Å²) in [5.41, 5.74) is 0.957. The summed E-state index contributed by atoms with van der Waals surface area (Å²) in [6, 6.07) is 0.0578. The molecule has 0 aromatic carbocycles. The molecule has 0 radical (unpaired) electrons. The zero-order chi connectivity index (χ0) is 16.4. The highest BCUT2D eigenvalue weighted by Gasteiger charge is 2.28. The minimum Gasteiger partial charge on any atom is -0.274 e. The lowest BCUT2D eigenvalue weighted by Crippen LogP contribution is -2.35. The van der Waals surface area contributed by atoms with Crippen LogP contribution in [-0.2, 0) is 14.8 Å². The molecule has 1 amide bonds. The van der Waals surface area contributed by atoms with E-state index in [2.05, 4.69) is 9.82 Å². The van der Waals surface area contributed by atoms with Crippen molar-refractivity contribution in [2.75, 3.05) is 0 Å². The van der Waals surface area contributed by atoms with Crippen molar-refractivity contribution in [3.05, 3.63) is 11.4 Å². The Kier molecular flexibility index (Phi) is 5.55. The summed E-state index contributed by atoms with van der Waals surface area (Å²) in [7, 11) is -3.88. The van der Waals surface area contributed by atoms with E-state index in [4.69, 9.17) is 0 Å². The number of sulfonamides is 1. The van der Waals surface area contributed by atoms with Gasteiger partial charge < -0.3 is 0 Å². The third-order valence-corrected chi connectivity index (χ3v) is 5.21. The van der Waals surface area contributed by atoms with Crippen LogP contribution in [0.25, 0.3) is 0 Å². The second-order valence-corrected chi connectivity index (χ2v) is 7.14. The number of amides is 1. The van der Waals surface area contributed by atoms with Crippen LogP contribution in [0.4, 0.5) is 0 Å². The molecule has 0 atom stereocenters. The molecule has 0 aliphatic rings. The van der Waals surface area contributed by atoms with Crippen molar-refractivity contribution in [3.63, 3.8) is 0 Å². The Balaban J connectivity index is 3.18. The van der Waals surface area contributed by atoms with Crippen LogP contribution in [0.2, 0.25) is 0 Å². The predicted molar refractivity (Wildman–Crippen MR) is 81.5 cm³/mol. The molecule has 0 unspecified atom stereocenters. The molecule has 1 aromatic rings. The van der Waals surface area contributed by atoms with Gasteiger partial charge in [-0.1, -0.05) is 13.8 Å². The van der Waals surface area contributed by atoms with Crippen LogP contribution in [-0.4, -0.2) is 24.1 Å². The Hall–Kier alpha value is -1.37. The summed E-state index contributed by atoms with van der Waals surface area (Å²) >= 11 is 0. The molecule has 1 aromatic heterocycles. The first-order chi connectivity index (χ1) is 9.65. The number of carbonyl (C=O) groups is 1. The molecule has 1 heterocycles. The van der Waals surface area contributed by atoms with E-state index in [0.29, 0.717) is 24.2 Å². The van der Waals surface area contributed by atoms with Gasteiger partial charge in [-0.05, 0) is 40.5 Å². The van der Waals surface area contributed by atoms with Gasteiger partial charge in [-0.25, -0.2) is 13.1 Å². The molecule has 1 rings (SSSR count). The SMILES string of the molecule is CCC(CC)C(=O)NS(=O)(=O)c1c(C)nn(C(C)C)c1C. The number of aryl methyl sites for hydroxylation is 1. The van der Waals surface area contributed by atoms with Gasteiger partial charge in [0, 0.05) is 12.0 Å². The Morgan fingerprint density at radius 2 is 1.76 bits per heavy atom. The van der Waals surface area contributed by atoms with Crippen molar-refractivity contribution in [1.29, 1.82) is 0 Å². The first-order valence-electron chi connectivity index (χ1n) is 7.28. The third-order valence-electron chi connectivity index (χ3n) is 3.61. The van der Waals surface area contributed by atoms with Crippen molar-refractivity contribution in [2.45, 2.75) is 65.3 Å². The van der Waals surface area contributed by atoms with Gasteiger partial charge in [-0.15, -0.1) is 0 Å². The predicted octanol–water partition coefficient (Wildman–Crippen LogP) is 2.32. The standard InChI is InChI=1S/C14H25N3O3S/c1-7-12(8-2)14(18)16-21(19,20)13-10(5)15-17(9(3)4)11(13)6/h9,12H,7-8H2,1-6H3,(H,16,18). The normalized spacial score (nSPS) is 12.2. The van der Waals surface area contributed by atoms with Crippen molar-refractivity contribution in [1.82, 2.24) is 14.5 Å². The molecule has 7 heteroatoms. The van der Waals surface area contributed by atoms with Gasteiger partial charge in [0.2, 0.25) is 5.91 Å². The summed E-state index contributed by atoms with van der Waals surface area (Å²) < 4.78 is 28.8. The number of aromatic nitrogens is 2. The van der Waals surface area contributed by atoms with Crippen molar-refractivity contribution < 1.29 is 13.2 Å². The van der Waals surface area contributed by atoms with Crippen LogP contribution < -0.4 is 4.72 Å². The maximum Gasteiger partial charge on any atom is 0.267 e. The lowest BCUT2D eigenvalue weighted by molar-refractivity contribution is -0.123. The molecule has 6 nitrogen and oxygen atoms in total. The van der Waals surface area contributed by atoms with E-state index >= 15 is 0 Å². The fourth-order valence-electron chi connectivity index (χ4n) is 2.47. The second kappa shape index (κ2) is 6.60. The lowest BCUT2D eigenvalue weighted by atomic mass is 10.0. The quantitative estimate of drug-likeness (QED) is 0.873. The summed E-state index contributed by atoms with van der Waals surface area (Å²) in [6.45, 7) is 10.9. The van der Waals surface area contributed by atoms with Crippen LogP contribution in [0.15, 0.2) is 4.90 Å². The zero-order valence-corrected chi connectivity index (χ0v) is 14.4. The van der Waals surface area contributed by atoms with E-state index in [1.165, 1.54) is 0 Å². The maximum absolute atomic E-state index is 12.5. The second-order valence-electron chi connectivity index (χ2n) is 5.52. The maximum atomic E-state index is 12.5. The van der Waals surface area contributed by atoms with Crippen molar-refractivity contribution >= 4 is 15.9 Å². The van der Waals surface area contributed by atoms with Crippen molar-refractivity contribution in [3.8, 4) is 0 Å². The smallest absolute Gasteiger partial charge is 0.267 e. The van der Waals surface area contributed by atoms with Crippen LogP contribution in [0.5, 0.6) is 0 Å². The van der Waals surface area contributed by atoms with Gasteiger partial charge in [-0.3, -0.25) is 9.48 Å². The Bertz CT molecular complexity index is 614. The molecular weight excluding hydrogens is 290 g/mol. The lowest BCUT2D eigenvalue weighted by Gasteiger charge is -2.13. The van der Waals surface area contributed by atoms with E-state index in [-0.39, 0.29) is 16.9 Å². The molecule has 0 fully saturated rings. The third kappa shape index (κ3) is 3.64. The van der Waals surface area contributed by atoms with Crippen molar-refractivity contribution in [2.24, 2.45) is 5.92 Å². The average molecular weight is 315 g/mol. The average Bonchev–Trinajstić information content (AvgIpc) is 2.66. The van der Waals surface area contributed by atoms with E-state index < -0.39 is 15.9 Å². The number of nitrogens with one attached hydrogen (secondary N) is 1. The van der Waals surface area contributed by atoms with Gasteiger partial charge in [0.05, 0.1) is 11.4 Å². The molecule has 0 aliphatic heterocycles. The Morgan fingerprint density at radius 3 is 2.14 bits per heavy atom. The fourth-order valence-corrected chi connectivity index (χ4v) is 3.91. The van der Waals surface area contributed by atoms with Crippen LogP contribution >= 0.6 is 0 Å². The zero-order valence-electron chi connectivity index (χ0n) is 13.6. The molecule has 21 heavy (non-hydrogen) atoms. The van der Waals surface area contributed by atoms with E-state index in [1.54, 1.807) is 18.5 Å². The fraction of sp³-hybridized carbons (Fsp3) is 0.714.